The molecule has 0 unspecified atom stereocenters. The zero-order valence-electron chi connectivity index (χ0n) is 11.3. The molecule has 0 aliphatic carbocycles. The molecular weight excluding hydrogens is 289 g/mol. The van der Waals surface area contributed by atoms with Crippen LogP contribution in [0.1, 0.15) is 29.4 Å². The van der Waals surface area contributed by atoms with Gasteiger partial charge in [0.05, 0.1) is 0 Å². The maximum Gasteiger partial charge on any atom is 0.0408 e. The quantitative estimate of drug-likeness (QED) is 0.853. The first kappa shape index (κ1) is 15.4. The molecule has 3 heteroatoms. The normalized spacial score (nSPS) is 22.1. The average molecular weight is 308 g/mol. The fourth-order valence-corrected chi connectivity index (χ4v) is 3.24. The lowest BCUT2D eigenvalue weighted by Gasteiger charge is -2.33. The second-order valence-corrected chi connectivity index (χ2v) is 5.61. The van der Waals surface area contributed by atoms with Crippen LogP contribution in [0.5, 0.6) is 0 Å². The van der Waals surface area contributed by atoms with Crippen LogP contribution in [0, 0.1) is 0 Å². The highest BCUT2D eigenvalue weighted by molar-refractivity contribution is 6.30. The number of halogens is 2. The summed E-state index contributed by atoms with van der Waals surface area (Å²) in [6.45, 7) is 2.12. The minimum absolute atomic E-state index is 0. The first-order valence-electron chi connectivity index (χ1n) is 6.86. The molecule has 106 valence electrons. The van der Waals surface area contributed by atoms with Crippen LogP contribution in [-0.2, 0) is 0 Å². The number of hydrogen-bond acceptors (Lipinski definition) is 1. The number of nitrogens with one attached hydrogen (secondary N) is 1. The Morgan fingerprint density at radius 2 is 1.65 bits per heavy atom. The Kier molecular flexibility index (Phi) is 5.47. The van der Waals surface area contributed by atoms with Gasteiger partial charge in [0.25, 0.3) is 0 Å². The molecule has 0 spiro atoms. The van der Waals surface area contributed by atoms with Gasteiger partial charge in [0.1, 0.15) is 0 Å². The highest BCUT2D eigenvalue weighted by Gasteiger charge is 2.27. The number of hydrogen-bond donors (Lipinski definition) is 1. The van der Waals surface area contributed by atoms with Crippen molar-refractivity contribution in [2.45, 2.75) is 18.3 Å². The van der Waals surface area contributed by atoms with Crippen molar-refractivity contribution in [1.29, 1.82) is 0 Å². The lowest BCUT2D eigenvalue weighted by molar-refractivity contribution is 0.404. The number of rotatable bonds is 2. The molecule has 1 nitrogen and oxygen atoms in total. The number of piperidine rings is 1. The molecule has 1 N–H and O–H groups in total. The van der Waals surface area contributed by atoms with Crippen LogP contribution in [0.15, 0.2) is 54.6 Å². The number of benzene rings is 2. The highest BCUT2D eigenvalue weighted by atomic mass is 35.5. The third-order valence-corrected chi connectivity index (χ3v) is 4.22. The van der Waals surface area contributed by atoms with E-state index in [0.29, 0.717) is 11.8 Å². The van der Waals surface area contributed by atoms with E-state index in [1.54, 1.807) is 0 Å². The molecule has 1 aliphatic rings. The Balaban J connectivity index is 0.00000147. The molecule has 0 aromatic heterocycles. The summed E-state index contributed by atoms with van der Waals surface area (Å²) < 4.78 is 0. The molecule has 0 bridgehead atoms. The van der Waals surface area contributed by atoms with Crippen molar-refractivity contribution in [2.75, 3.05) is 13.1 Å². The second kappa shape index (κ2) is 7.12. The summed E-state index contributed by atoms with van der Waals surface area (Å²) in [6, 6.07) is 19.1. The molecule has 0 radical (unpaired) electrons. The average Bonchev–Trinajstić information content (AvgIpc) is 2.48. The third kappa shape index (κ3) is 3.35. The summed E-state index contributed by atoms with van der Waals surface area (Å²) in [4.78, 5) is 0. The predicted molar refractivity (Wildman–Crippen MR) is 88.1 cm³/mol. The lowest BCUT2D eigenvalue weighted by atomic mass is 9.77. The molecule has 0 amide bonds. The Labute approximate surface area is 131 Å². The van der Waals surface area contributed by atoms with E-state index in [4.69, 9.17) is 11.6 Å². The zero-order valence-corrected chi connectivity index (χ0v) is 12.8. The molecular formula is C17H19Cl2N. The third-order valence-electron chi connectivity index (χ3n) is 3.99. The van der Waals surface area contributed by atoms with E-state index in [2.05, 4.69) is 47.8 Å². The van der Waals surface area contributed by atoms with Crippen molar-refractivity contribution < 1.29 is 0 Å². The van der Waals surface area contributed by atoms with E-state index in [-0.39, 0.29) is 12.4 Å². The van der Waals surface area contributed by atoms with Crippen LogP contribution in [0.25, 0.3) is 0 Å². The molecule has 3 rings (SSSR count). The van der Waals surface area contributed by atoms with Crippen molar-refractivity contribution >= 4 is 24.0 Å². The Morgan fingerprint density at radius 1 is 0.900 bits per heavy atom. The van der Waals surface area contributed by atoms with Gasteiger partial charge in [0.2, 0.25) is 0 Å². The zero-order chi connectivity index (χ0) is 13.1. The molecule has 1 fully saturated rings. The summed E-state index contributed by atoms with van der Waals surface area (Å²) in [5.41, 5.74) is 2.78. The van der Waals surface area contributed by atoms with E-state index >= 15 is 0 Å². The van der Waals surface area contributed by atoms with E-state index in [1.165, 1.54) is 17.5 Å². The van der Waals surface area contributed by atoms with Crippen molar-refractivity contribution in [3.63, 3.8) is 0 Å². The van der Waals surface area contributed by atoms with Gasteiger partial charge in [-0.3, -0.25) is 0 Å². The van der Waals surface area contributed by atoms with Crippen LogP contribution in [0.3, 0.4) is 0 Å². The smallest absolute Gasteiger partial charge is 0.0408 e. The summed E-state index contributed by atoms with van der Waals surface area (Å²) in [6.07, 6.45) is 1.18. The predicted octanol–water partition coefficient (Wildman–Crippen LogP) is 4.62. The minimum atomic E-state index is 0. The monoisotopic (exact) mass is 307 g/mol. The van der Waals surface area contributed by atoms with E-state index in [9.17, 15) is 0 Å². The fourth-order valence-electron chi connectivity index (χ4n) is 3.05. The molecule has 1 saturated heterocycles. The van der Waals surface area contributed by atoms with Crippen molar-refractivity contribution in [3.05, 3.63) is 70.7 Å². The van der Waals surface area contributed by atoms with Gasteiger partial charge >= 0.3 is 0 Å². The second-order valence-electron chi connectivity index (χ2n) is 5.17. The molecule has 20 heavy (non-hydrogen) atoms. The van der Waals surface area contributed by atoms with Crippen LogP contribution >= 0.6 is 24.0 Å². The molecule has 1 heterocycles. The maximum atomic E-state index is 6.14. The molecule has 2 aromatic rings. The van der Waals surface area contributed by atoms with Crippen LogP contribution < -0.4 is 5.32 Å². The van der Waals surface area contributed by atoms with E-state index in [1.807, 2.05) is 12.1 Å². The Morgan fingerprint density at radius 3 is 2.40 bits per heavy atom. The molecule has 0 saturated carbocycles. The van der Waals surface area contributed by atoms with Gasteiger partial charge in [-0.15, -0.1) is 12.4 Å². The van der Waals surface area contributed by atoms with Gasteiger partial charge in [0.15, 0.2) is 0 Å². The molecule has 2 atom stereocenters. The van der Waals surface area contributed by atoms with Crippen molar-refractivity contribution in [3.8, 4) is 0 Å². The lowest BCUT2D eigenvalue weighted by Crippen LogP contribution is -2.34. The van der Waals surface area contributed by atoms with Gasteiger partial charge in [-0.1, -0.05) is 54.1 Å². The maximum absolute atomic E-state index is 6.14. The van der Waals surface area contributed by atoms with Gasteiger partial charge in [-0.05, 0) is 42.1 Å². The van der Waals surface area contributed by atoms with E-state index in [0.717, 1.165) is 18.1 Å². The van der Waals surface area contributed by atoms with Gasteiger partial charge in [0, 0.05) is 17.5 Å². The Bertz CT molecular complexity index is 542. The van der Waals surface area contributed by atoms with Crippen molar-refractivity contribution in [2.24, 2.45) is 0 Å². The van der Waals surface area contributed by atoms with Crippen LogP contribution in [-0.4, -0.2) is 13.1 Å². The fraction of sp³-hybridized carbons (Fsp3) is 0.294. The minimum Gasteiger partial charge on any atom is -0.316 e. The molecule has 1 aliphatic heterocycles. The van der Waals surface area contributed by atoms with Crippen molar-refractivity contribution in [1.82, 2.24) is 5.32 Å². The largest absolute Gasteiger partial charge is 0.316 e. The summed E-state index contributed by atoms with van der Waals surface area (Å²) in [5.74, 6) is 1.09. The summed E-state index contributed by atoms with van der Waals surface area (Å²) in [7, 11) is 0. The summed E-state index contributed by atoms with van der Waals surface area (Å²) >= 11 is 6.14. The van der Waals surface area contributed by atoms with E-state index < -0.39 is 0 Å². The van der Waals surface area contributed by atoms with Crippen LogP contribution in [0.2, 0.25) is 5.02 Å². The van der Waals surface area contributed by atoms with Gasteiger partial charge in [-0.25, -0.2) is 0 Å². The van der Waals surface area contributed by atoms with Gasteiger partial charge < -0.3 is 5.32 Å². The SMILES string of the molecule is Cl.Clc1cccc([C@H]2CNCC[C@H]2c2ccccc2)c1. The van der Waals surface area contributed by atoms with Crippen LogP contribution in [0.4, 0.5) is 0 Å². The van der Waals surface area contributed by atoms with Gasteiger partial charge in [-0.2, -0.15) is 0 Å². The summed E-state index contributed by atoms with van der Waals surface area (Å²) in [5, 5.41) is 4.34. The first-order chi connectivity index (χ1) is 9.34. The standard InChI is InChI=1S/C17H18ClN.ClH/c18-15-8-4-7-14(11-15)17-12-19-10-9-16(17)13-5-2-1-3-6-13;/h1-8,11,16-17,19H,9-10,12H2;1H/t16-,17+;/m0./s1. The topological polar surface area (TPSA) is 12.0 Å². The first-order valence-corrected chi connectivity index (χ1v) is 7.23. The Hall–Kier alpha value is -1.02. The molecule has 2 aromatic carbocycles. The highest BCUT2D eigenvalue weighted by Crippen LogP contribution is 2.37.